The van der Waals surface area contributed by atoms with E-state index in [0.29, 0.717) is 10.8 Å². The van der Waals surface area contributed by atoms with Crippen LogP contribution in [0, 0.1) is 6.92 Å². The zero-order valence-electron chi connectivity index (χ0n) is 16.3. The first kappa shape index (κ1) is 19.1. The Morgan fingerprint density at radius 1 is 1.03 bits per heavy atom. The average Bonchev–Trinajstić information content (AvgIpc) is 3.15. The molecule has 0 aliphatic carbocycles. The number of benzene rings is 2. The van der Waals surface area contributed by atoms with E-state index in [1.165, 1.54) is 22.5 Å². The van der Waals surface area contributed by atoms with Crippen molar-refractivity contribution in [2.75, 3.05) is 12.4 Å². The number of anilines is 1. The fourth-order valence-electron chi connectivity index (χ4n) is 3.00. The lowest BCUT2D eigenvalue weighted by Gasteiger charge is -2.04. The van der Waals surface area contributed by atoms with Crippen molar-refractivity contribution in [2.24, 2.45) is 0 Å². The van der Waals surface area contributed by atoms with Crippen LogP contribution in [0.2, 0.25) is 0 Å². The molecule has 1 N–H and O–H groups in total. The van der Waals surface area contributed by atoms with Gasteiger partial charge in [-0.1, -0.05) is 47.2 Å². The van der Waals surface area contributed by atoms with E-state index in [0.717, 1.165) is 34.4 Å². The normalized spacial score (nSPS) is 10.8. The predicted octanol–water partition coefficient (Wildman–Crippen LogP) is 5.05. The smallest absolute Gasteiger partial charge is 0.276 e. The lowest BCUT2D eigenvalue weighted by atomic mass is 10.0. The summed E-state index contributed by atoms with van der Waals surface area (Å²) in [6.45, 7) is 2.09. The lowest BCUT2D eigenvalue weighted by molar-refractivity contribution is 0.102. The quantitative estimate of drug-likeness (QED) is 0.489. The minimum atomic E-state index is -0.263. The number of fused-ring (bicyclic) bond motifs is 1. The number of aryl methyl sites for hydroxylation is 3. The van der Waals surface area contributed by atoms with Crippen LogP contribution in [-0.2, 0) is 12.8 Å². The second kappa shape index (κ2) is 8.41. The van der Waals surface area contributed by atoms with Gasteiger partial charge in [0.1, 0.15) is 11.4 Å². The standard InChI is InChI=1S/C23H21N3O2S/c1-15-3-5-16(6-4-15)7-8-17-9-11-20(24-14-17)22(27)26-23-25-19-12-10-18(28-2)13-21(19)29-23/h3-6,9-14H,7-8H2,1-2H3,(H,25,26,27). The molecule has 0 bridgehead atoms. The third-order valence-corrected chi connectivity index (χ3v) is 5.63. The highest BCUT2D eigenvalue weighted by molar-refractivity contribution is 7.22. The van der Waals surface area contributed by atoms with Crippen LogP contribution >= 0.6 is 11.3 Å². The molecule has 0 atom stereocenters. The number of carbonyl (C=O) groups is 1. The van der Waals surface area contributed by atoms with Crippen molar-refractivity contribution in [1.82, 2.24) is 9.97 Å². The van der Waals surface area contributed by atoms with Gasteiger partial charge in [-0.15, -0.1) is 0 Å². The van der Waals surface area contributed by atoms with Crippen molar-refractivity contribution in [3.63, 3.8) is 0 Å². The summed E-state index contributed by atoms with van der Waals surface area (Å²) in [7, 11) is 1.63. The Labute approximate surface area is 173 Å². The maximum absolute atomic E-state index is 12.5. The van der Waals surface area contributed by atoms with Crippen LogP contribution in [0.1, 0.15) is 27.2 Å². The van der Waals surface area contributed by atoms with Gasteiger partial charge in [-0.05, 0) is 55.2 Å². The number of methoxy groups -OCH3 is 1. The fraction of sp³-hybridized carbons (Fsp3) is 0.174. The topological polar surface area (TPSA) is 64.1 Å². The van der Waals surface area contributed by atoms with Crippen LogP contribution in [0.3, 0.4) is 0 Å². The van der Waals surface area contributed by atoms with E-state index >= 15 is 0 Å². The van der Waals surface area contributed by atoms with Gasteiger partial charge in [0.05, 0.1) is 17.3 Å². The van der Waals surface area contributed by atoms with Crippen molar-refractivity contribution < 1.29 is 9.53 Å². The Balaban J connectivity index is 1.39. The molecular formula is C23H21N3O2S. The average molecular weight is 404 g/mol. The van der Waals surface area contributed by atoms with Crippen LogP contribution in [0.5, 0.6) is 5.75 Å². The number of pyridine rings is 1. The summed E-state index contributed by atoms with van der Waals surface area (Å²) in [4.78, 5) is 21.3. The maximum atomic E-state index is 12.5. The van der Waals surface area contributed by atoms with E-state index in [1.807, 2.05) is 24.3 Å². The molecule has 0 radical (unpaired) electrons. The first-order valence-corrected chi connectivity index (χ1v) is 10.2. The van der Waals surface area contributed by atoms with E-state index in [1.54, 1.807) is 19.4 Å². The minimum Gasteiger partial charge on any atom is -0.497 e. The van der Waals surface area contributed by atoms with Gasteiger partial charge in [0.25, 0.3) is 5.91 Å². The highest BCUT2D eigenvalue weighted by Gasteiger charge is 2.12. The number of ether oxygens (including phenoxy) is 1. The van der Waals surface area contributed by atoms with Crippen molar-refractivity contribution in [2.45, 2.75) is 19.8 Å². The molecule has 6 heteroatoms. The number of hydrogen-bond acceptors (Lipinski definition) is 5. The molecular weight excluding hydrogens is 382 g/mol. The van der Waals surface area contributed by atoms with Gasteiger partial charge in [-0.3, -0.25) is 15.1 Å². The molecule has 0 spiro atoms. The van der Waals surface area contributed by atoms with Crippen LogP contribution < -0.4 is 10.1 Å². The van der Waals surface area contributed by atoms with E-state index in [4.69, 9.17) is 4.74 Å². The summed E-state index contributed by atoms with van der Waals surface area (Å²) in [5.74, 6) is 0.503. The molecule has 29 heavy (non-hydrogen) atoms. The molecule has 0 aliphatic heterocycles. The third-order valence-electron chi connectivity index (χ3n) is 4.70. The number of amides is 1. The number of rotatable bonds is 6. The fourth-order valence-corrected chi connectivity index (χ4v) is 3.89. The molecule has 0 unspecified atom stereocenters. The number of carbonyl (C=O) groups excluding carboxylic acids is 1. The molecule has 0 saturated carbocycles. The molecule has 4 rings (SSSR count). The Hall–Kier alpha value is -3.25. The molecule has 2 aromatic carbocycles. The van der Waals surface area contributed by atoms with E-state index in [2.05, 4.69) is 46.5 Å². The molecule has 0 aliphatic rings. The highest BCUT2D eigenvalue weighted by Crippen LogP contribution is 2.29. The summed E-state index contributed by atoms with van der Waals surface area (Å²) in [5.41, 5.74) is 4.86. The minimum absolute atomic E-state index is 0.263. The second-order valence-electron chi connectivity index (χ2n) is 6.84. The van der Waals surface area contributed by atoms with Crippen molar-refractivity contribution >= 4 is 32.6 Å². The molecule has 5 nitrogen and oxygen atoms in total. The van der Waals surface area contributed by atoms with Gasteiger partial charge < -0.3 is 4.74 Å². The summed E-state index contributed by atoms with van der Waals surface area (Å²) < 4.78 is 6.19. The first-order chi connectivity index (χ1) is 14.1. The van der Waals surface area contributed by atoms with Gasteiger partial charge in [0.2, 0.25) is 0 Å². The third kappa shape index (κ3) is 4.60. The molecule has 2 heterocycles. The number of hydrogen-bond donors (Lipinski definition) is 1. The molecule has 0 fully saturated rings. The predicted molar refractivity (Wildman–Crippen MR) is 117 cm³/mol. The Bertz CT molecular complexity index is 1140. The van der Waals surface area contributed by atoms with E-state index < -0.39 is 0 Å². The van der Waals surface area contributed by atoms with Gasteiger partial charge in [0.15, 0.2) is 5.13 Å². The maximum Gasteiger partial charge on any atom is 0.276 e. The number of nitrogens with one attached hydrogen (secondary N) is 1. The van der Waals surface area contributed by atoms with Crippen LogP contribution in [0.4, 0.5) is 5.13 Å². The Morgan fingerprint density at radius 2 is 1.79 bits per heavy atom. The summed E-state index contributed by atoms with van der Waals surface area (Å²) >= 11 is 1.41. The zero-order valence-corrected chi connectivity index (χ0v) is 17.1. The van der Waals surface area contributed by atoms with Gasteiger partial charge in [-0.2, -0.15) is 0 Å². The summed E-state index contributed by atoms with van der Waals surface area (Å²) in [5, 5.41) is 3.38. The van der Waals surface area contributed by atoms with Crippen LogP contribution in [0.25, 0.3) is 10.2 Å². The molecule has 0 saturated heterocycles. The molecule has 1 amide bonds. The molecule has 4 aromatic rings. The van der Waals surface area contributed by atoms with Crippen LogP contribution in [-0.4, -0.2) is 23.0 Å². The second-order valence-corrected chi connectivity index (χ2v) is 7.87. The van der Waals surface area contributed by atoms with E-state index in [-0.39, 0.29) is 5.91 Å². The van der Waals surface area contributed by atoms with Gasteiger partial charge in [-0.25, -0.2) is 4.98 Å². The Kier molecular flexibility index (Phi) is 5.53. The van der Waals surface area contributed by atoms with Crippen molar-refractivity contribution in [1.29, 1.82) is 0 Å². The zero-order chi connectivity index (χ0) is 20.2. The van der Waals surface area contributed by atoms with Gasteiger partial charge in [0, 0.05) is 6.20 Å². The number of aromatic nitrogens is 2. The number of nitrogens with zero attached hydrogens (tertiary/aromatic N) is 2. The largest absolute Gasteiger partial charge is 0.497 e. The van der Waals surface area contributed by atoms with Crippen LogP contribution in [0.15, 0.2) is 60.8 Å². The van der Waals surface area contributed by atoms with E-state index in [9.17, 15) is 4.79 Å². The molecule has 2 aromatic heterocycles. The van der Waals surface area contributed by atoms with Crippen molar-refractivity contribution in [3.05, 3.63) is 83.2 Å². The summed E-state index contributed by atoms with van der Waals surface area (Å²) in [6, 6.07) is 17.9. The van der Waals surface area contributed by atoms with Gasteiger partial charge >= 0.3 is 0 Å². The monoisotopic (exact) mass is 403 g/mol. The Morgan fingerprint density at radius 3 is 2.52 bits per heavy atom. The first-order valence-electron chi connectivity index (χ1n) is 9.37. The number of thiazole rings is 1. The van der Waals surface area contributed by atoms with Crippen molar-refractivity contribution in [3.8, 4) is 5.75 Å². The highest BCUT2D eigenvalue weighted by atomic mass is 32.1. The lowest BCUT2D eigenvalue weighted by Crippen LogP contribution is -2.13. The summed E-state index contributed by atoms with van der Waals surface area (Å²) in [6.07, 6.45) is 3.60. The SMILES string of the molecule is COc1ccc2nc(NC(=O)c3ccc(CCc4ccc(C)cc4)cn3)sc2c1. The molecule has 146 valence electrons.